The number of hydrogen-bond donors (Lipinski definition) is 0. The lowest BCUT2D eigenvalue weighted by Crippen LogP contribution is -2.32. The standard InChI is InChI=1S/C21H21F4N3O2/c1-20(29-2,14-5-7-15(22)8-6-14)12-30-16-9-10-28-17(11-13-3-4-13)26-27-19(28)18(16)21(23,24)25/h5-10,13H,3-4,11-12H2,1-2H3/t20-/m1/s1. The molecule has 4 rings (SSSR count). The predicted molar refractivity (Wildman–Crippen MR) is 101 cm³/mol. The Balaban J connectivity index is 1.66. The Morgan fingerprint density at radius 3 is 2.40 bits per heavy atom. The highest BCUT2D eigenvalue weighted by Crippen LogP contribution is 2.40. The second-order valence-electron chi connectivity index (χ2n) is 7.74. The highest BCUT2D eigenvalue weighted by atomic mass is 19.4. The van der Waals surface area contributed by atoms with Gasteiger partial charge in [-0.1, -0.05) is 12.1 Å². The SMILES string of the molecule is CO[C@](C)(COc1ccn2c(CC3CC3)nnc2c1C(F)(F)F)c1ccc(F)cc1. The molecule has 30 heavy (non-hydrogen) atoms. The molecule has 160 valence electrons. The highest BCUT2D eigenvalue weighted by Gasteiger charge is 2.40. The van der Waals surface area contributed by atoms with Gasteiger partial charge in [-0.15, -0.1) is 10.2 Å². The molecule has 2 aromatic heterocycles. The summed E-state index contributed by atoms with van der Waals surface area (Å²) < 4.78 is 67.4. The van der Waals surface area contributed by atoms with E-state index in [4.69, 9.17) is 9.47 Å². The molecule has 0 spiro atoms. The number of rotatable bonds is 7. The summed E-state index contributed by atoms with van der Waals surface area (Å²) in [6.45, 7) is 1.45. The first kappa shape index (κ1) is 20.6. The maximum atomic E-state index is 13.9. The third kappa shape index (κ3) is 3.98. The van der Waals surface area contributed by atoms with Crippen LogP contribution >= 0.6 is 0 Å². The minimum atomic E-state index is -4.68. The second-order valence-corrected chi connectivity index (χ2v) is 7.74. The van der Waals surface area contributed by atoms with E-state index in [0.29, 0.717) is 23.7 Å². The van der Waals surface area contributed by atoms with Gasteiger partial charge in [0, 0.05) is 19.7 Å². The van der Waals surface area contributed by atoms with Gasteiger partial charge in [-0.3, -0.25) is 4.40 Å². The molecule has 0 amide bonds. The summed E-state index contributed by atoms with van der Waals surface area (Å²) in [6, 6.07) is 6.82. The molecule has 0 N–H and O–H groups in total. The number of alkyl halides is 3. The molecule has 1 fully saturated rings. The molecule has 1 atom stereocenters. The first-order valence-electron chi connectivity index (χ1n) is 9.59. The van der Waals surface area contributed by atoms with Crippen LogP contribution in [0.25, 0.3) is 5.65 Å². The number of benzene rings is 1. The molecule has 1 aliphatic rings. The van der Waals surface area contributed by atoms with Crippen LogP contribution in [-0.4, -0.2) is 28.3 Å². The Morgan fingerprint density at radius 1 is 1.10 bits per heavy atom. The number of pyridine rings is 1. The van der Waals surface area contributed by atoms with Crippen molar-refractivity contribution < 1.29 is 27.0 Å². The first-order chi connectivity index (χ1) is 14.2. The van der Waals surface area contributed by atoms with Crippen LogP contribution in [0.15, 0.2) is 36.5 Å². The number of fused-ring (bicyclic) bond motifs is 1. The molecular weight excluding hydrogens is 402 g/mol. The molecular formula is C21H21F4N3O2. The quantitative estimate of drug-likeness (QED) is 0.513. The number of hydrogen-bond acceptors (Lipinski definition) is 4. The van der Waals surface area contributed by atoms with Gasteiger partial charge in [0.25, 0.3) is 0 Å². The number of nitrogens with zero attached hydrogens (tertiary/aromatic N) is 3. The largest absolute Gasteiger partial charge is 0.489 e. The summed E-state index contributed by atoms with van der Waals surface area (Å²) >= 11 is 0. The molecule has 9 heteroatoms. The topological polar surface area (TPSA) is 48.7 Å². The van der Waals surface area contributed by atoms with E-state index >= 15 is 0 Å². The van der Waals surface area contributed by atoms with E-state index in [-0.39, 0.29) is 18.0 Å². The van der Waals surface area contributed by atoms with Crippen LogP contribution in [0.4, 0.5) is 17.6 Å². The Morgan fingerprint density at radius 2 is 1.80 bits per heavy atom. The lowest BCUT2D eigenvalue weighted by molar-refractivity contribution is -0.138. The van der Waals surface area contributed by atoms with Gasteiger partial charge >= 0.3 is 6.18 Å². The molecule has 1 aromatic carbocycles. The fourth-order valence-electron chi connectivity index (χ4n) is 3.37. The minimum absolute atomic E-state index is 0.211. The van der Waals surface area contributed by atoms with Crippen molar-refractivity contribution in [2.45, 2.75) is 38.0 Å². The van der Waals surface area contributed by atoms with Crippen LogP contribution in [0, 0.1) is 11.7 Å². The summed E-state index contributed by atoms with van der Waals surface area (Å²) in [5, 5.41) is 7.77. The average Bonchev–Trinajstić information content (AvgIpc) is 3.44. The molecule has 0 unspecified atom stereocenters. The van der Waals surface area contributed by atoms with Crippen LogP contribution < -0.4 is 4.74 Å². The van der Waals surface area contributed by atoms with Crippen molar-refractivity contribution in [1.29, 1.82) is 0 Å². The molecule has 3 aromatic rings. The van der Waals surface area contributed by atoms with Gasteiger partial charge in [0.1, 0.15) is 35.2 Å². The summed E-state index contributed by atoms with van der Waals surface area (Å²) in [6.07, 6.45) is -0.464. The summed E-state index contributed by atoms with van der Waals surface area (Å²) in [4.78, 5) is 0. The summed E-state index contributed by atoms with van der Waals surface area (Å²) in [5.41, 5.74) is -1.75. The Kier molecular flexibility index (Phi) is 5.17. The maximum absolute atomic E-state index is 13.9. The Bertz CT molecular complexity index is 1040. The molecule has 0 aliphatic heterocycles. The van der Waals surface area contributed by atoms with Crippen molar-refractivity contribution in [3.8, 4) is 5.75 Å². The Hall–Kier alpha value is -2.68. The first-order valence-corrected chi connectivity index (χ1v) is 9.59. The normalized spacial score (nSPS) is 16.6. The zero-order chi connectivity index (χ0) is 21.5. The predicted octanol–water partition coefficient (Wildman–Crippen LogP) is 4.78. The molecule has 1 saturated carbocycles. The van der Waals surface area contributed by atoms with Crippen molar-refractivity contribution in [2.24, 2.45) is 5.92 Å². The summed E-state index contributed by atoms with van der Waals surface area (Å²) in [5.74, 6) is 0.195. The van der Waals surface area contributed by atoms with Crippen LogP contribution in [-0.2, 0) is 22.9 Å². The molecule has 0 radical (unpaired) electrons. The lowest BCUT2D eigenvalue weighted by Gasteiger charge is -2.29. The van der Waals surface area contributed by atoms with Gasteiger partial charge in [0.05, 0.1) is 0 Å². The second kappa shape index (κ2) is 7.54. The van der Waals surface area contributed by atoms with Crippen molar-refractivity contribution >= 4 is 5.65 Å². The van der Waals surface area contributed by atoms with Crippen LogP contribution in [0.3, 0.4) is 0 Å². The lowest BCUT2D eigenvalue weighted by atomic mass is 9.96. The zero-order valence-corrected chi connectivity index (χ0v) is 16.5. The van der Waals surface area contributed by atoms with Crippen LogP contribution in [0.2, 0.25) is 0 Å². The van der Waals surface area contributed by atoms with Gasteiger partial charge in [0.2, 0.25) is 0 Å². The molecule has 0 saturated heterocycles. The summed E-state index contributed by atoms with van der Waals surface area (Å²) in [7, 11) is 1.42. The number of ether oxygens (including phenoxy) is 2. The van der Waals surface area contributed by atoms with E-state index in [9.17, 15) is 17.6 Å². The van der Waals surface area contributed by atoms with E-state index in [1.165, 1.54) is 48.0 Å². The van der Waals surface area contributed by atoms with Gasteiger partial charge in [-0.25, -0.2) is 4.39 Å². The van der Waals surface area contributed by atoms with Crippen molar-refractivity contribution in [2.75, 3.05) is 13.7 Å². The van der Waals surface area contributed by atoms with Crippen molar-refractivity contribution in [1.82, 2.24) is 14.6 Å². The van der Waals surface area contributed by atoms with E-state index in [2.05, 4.69) is 10.2 Å². The van der Waals surface area contributed by atoms with Crippen molar-refractivity contribution in [3.63, 3.8) is 0 Å². The van der Waals surface area contributed by atoms with E-state index in [1.807, 2.05) is 0 Å². The molecule has 2 heterocycles. The van der Waals surface area contributed by atoms with E-state index in [1.54, 1.807) is 6.92 Å². The van der Waals surface area contributed by atoms with Crippen LogP contribution in [0.1, 0.15) is 36.7 Å². The molecule has 1 aliphatic carbocycles. The third-order valence-electron chi connectivity index (χ3n) is 5.47. The smallest absolute Gasteiger partial charge is 0.423 e. The number of methoxy groups -OCH3 is 1. The van der Waals surface area contributed by atoms with E-state index in [0.717, 1.165) is 12.8 Å². The highest BCUT2D eigenvalue weighted by molar-refractivity contribution is 5.56. The monoisotopic (exact) mass is 423 g/mol. The minimum Gasteiger partial charge on any atom is -0.489 e. The average molecular weight is 423 g/mol. The van der Waals surface area contributed by atoms with Gasteiger partial charge in [-0.05, 0) is 49.4 Å². The van der Waals surface area contributed by atoms with Gasteiger partial charge in [-0.2, -0.15) is 13.2 Å². The van der Waals surface area contributed by atoms with Gasteiger partial charge < -0.3 is 9.47 Å². The zero-order valence-electron chi connectivity index (χ0n) is 16.5. The molecule has 5 nitrogen and oxygen atoms in total. The fourth-order valence-corrected chi connectivity index (χ4v) is 3.37. The van der Waals surface area contributed by atoms with E-state index < -0.39 is 23.2 Å². The van der Waals surface area contributed by atoms with Crippen molar-refractivity contribution in [3.05, 3.63) is 59.3 Å². The van der Waals surface area contributed by atoms with Gasteiger partial charge in [0.15, 0.2) is 5.65 Å². The Labute approximate surface area is 170 Å². The number of aromatic nitrogens is 3. The fraction of sp³-hybridized carbons (Fsp3) is 0.429. The third-order valence-corrected chi connectivity index (χ3v) is 5.47. The van der Waals surface area contributed by atoms with Crippen LogP contribution in [0.5, 0.6) is 5.75 Å². The number of halogens is 4. The maximum Gasteiger partial charge on any atom is 0.423 e. The molecule has 0 bridgehead atoms.